The van der Waals surface area contributed by atoms with E-state index in [4.69, 9.17) is 4.74 Å². The lowest BCUT2D eigenvalue weighted by atomic mass is 9.79. The molecule has 0 aliphatic heterocycles. The van der Waals surface area contributed by atoms with Crippen LogP contribution in [0.3, 0.4) is 0 Å². The van der Waals surface area contributed by atoms with Crippen LogP contribution in [0.1, 0.15) is 61.3 Å². The molecule has 0 amide bonds. The maximum atomic E-state index is 15.3. The van der Waals surface area contributed by atoms with E-state index in [-0.39, 0.29) is 23.4 Å². The van der Waals surface area contributed by atoms with Gasteiger partial charge in [0.25, 0.3) is 0 Å². The number of carbonyl (C=O) groups is 1. The number of hydrogen-bond donors (Lipinski definition) is 0. The maximum absolute atomic E-state index is 15.3. The van der Waals surface area contributed by atoms with Crippen LogP contribution in [-0.4, -0.2) is 17.9 Å². The van der Waals surface area contributed by atoms with E-state index in [1.54, 1.807) is 26.3 Å². The molecule has 0 radical (unpaired) electrons. The largest absolute Gasteiger partial charge is 0.481 e. The first-order valence-electron chi connectivity index (χ1n) is 12.1. The summed E-state index contributed by atoms with van der Waals surface area (Å²) < 4.78 is 20.5. The number of pyridine rings is 1. The van der Waals surface area contributed by atoms with E-state index in [1.165, 1.54) is 24.0 Å². The summed E-state index contributed by atoms with van der Waals surface area (Å²) in [5.41, 5.74) is 7.02. The molecule has 1 heterocycles. The van der Waals surface area contributed by atoms with Gasteiger partial charge in [-0.3, -0.25) is 4.79 Å². The van der Waals surface area contributed by atoms with E-state index < -0.39 is 0 Å². The van der Waals surface area contributed by atoms with Gasteiger partial charge in [0.15, 0.2) is 0 Å². The average molecular weight is 456 g/mol. The van der Waals surface area contributed by atoms with Crippen molar-refractivity contribution < 1.29 is 13.9 Å². The molecule has 0 unspecified atom stereocenters. The van der Waals surface area contributed by atoms with Crippen molar-refractivity contribution >= 4 is 17.4 Å². The molecule has 1 saturated carbocycles. The number of allylic oxidation sites excluding steroid dienone is 1. The summed E-state index contributed by atoms with van der Waals surface area (Å²) in [6.07, 6.45) is 7.89. The Hall–Kier alpha value is -3.27. The molecule has 0 spiro atoms. The van der Waals surface area contributed by atoms with Crippen LogP contribution in [0.5, 0.6) is 5.88 Å². The number of fused-ring (bicyclic) bond motifs is 1. The number of nitrogens with zero attached hydrogens (tertiary/aromatic N) is 1. The molecule has 1 fully saturated rings. The normalized spacial score (nSPS) is 16.9. The summed E-state index contributed by atoms with van der Waals surface area (Å²) in [4.78, 5) is 16.3. The van der Waals surface area contributed by atoms with Gasteiger partial charge in [-0.25, -0.2) is 9.37 Å². The number of ketones is 1. The van der Waals surface area contributed by atoms with Gasteiger partial charge in [0.1, 0.15) is 11.6 Å². The summed E-state index contributed by atoms with van der Waals surface area (Å²) in [7, 11) is 1.57. The summed E-state index contributed by atoms with van der Waals surface area (Å²) in [6.45, 7) is 3.76. The minimum Gasteiger partial charge on any atom is -0.481 e. The molecule has 2 aliphatic carbocycles. The Labute approximate surface area is 200 Å². The van der Waals surface area contributed by atoms with Crippen LogP contribution in [-0.2, 0) is 11.2 Å². The number of halogens is 1. The smallest absolute Gasteiger partial charge is 0.213 e. The zero-order chi connectivity index (χ0) is 23.8. The van der Waals surface area contributed by atoms with E-state index in [1.807, 2.05) is 24.3 Å². The van der Waals surface area contributed by atoms with E-state index in [0.717, 1.165) is 35.1 Å². The third-order valence-corrected chi connectivity index (χ3v) is 7.45. The first-order valence-corrected chi connectivity index (χ1v) is 12.1. The number of aromatic nitrogens is 1. The van der Waals surface area contributed by atoms with Crippen molar-refractivity contribution in [2.75, 3.05) is 7.11 Å². The fraction of sp³-hybridized carbons (Fsp3) is 0.333. The summed E-state index contributed by atoms with van der Waals surface area (Å²) in [5, 5.41) is 0. The summed E-state index contributed by atoms with van der Waals surface area (Å²) in [6, 6.07) is 15.7. The predicted octanol–water partition coefficient (Wildman–Crippen LogP) is 7.10. The SMILES string of the molecule is COc1cc(-c2ccc(C3=Cc4cc([C@@H](C5CC5)[C@H](C)C(C)=O)ccc4CC3)c(F)c2)ccn1. The van der Waals surface area contributed by atoms with Gasteiger partial charge in [0.2, 0.25) is 5.88 Å². The van der Waals surface area contributed by atoms with Gasteiger partial charge in [-0.05, 0) is 90.0 Å². The molecule has 2 aromatic carbocycles. The van der Waals surface area contributed by atoms with Crippen molar-refractivity contribution in [3.63, 3.8) is 0 Å². The quantitative estimate of drug-likeness (QED) is 0.381. The van der Waals surface area contributed by atoms with Gasteiger partial charge < -0.3 is 4.74 Å². The van der Waals surface area contributed by atoms with Crippen LogP contribution >= 0.6 is 0 Å². The number of methoxy groups -OCH3 is 1. The zero-order valence-electron chi connectivity index (χ0n) is 20.0. The number of rotatable bonds is 7. The molecule has 2 aliphatic rings. The Morgan fingerprint density at radius 3 is 2.56 bits per heavy atom. The molecular weight excluding hydrogens is 425 g/mol. The lowest BCUT2D eigenvalue weighted by Crippen LogP contribution is -2.19. The van der Waals surface area contributed by atoms with E-state index >= 15 is 4.39 Å². The fourth-order valence-electron chi connectivity index (χ4n) is 5.26. The molecular formula is C30H30FNO2. The number of Topliss-reactive ketones (excluding diaryl/α,β-unsaturated/α-hetero) is 1. The molecule has 0 bridgehead atoms. The molecule has 5 rings (SSSR count). The van der Waals surface area contributed by atoms with Crippen molar-refractivity contribution in [1.29, 1.82) is 0 Å². The lowest BCUT2D eigenvalue weighted by molar-refractivity contribution is -0.121. The second kappa shape index (κ2) is 9.17. The van der Waals surface area contributed by atoms with Gasteiger partial charge in [-0.1, -0.05) is 43.3 Å². The molecule has 3 nitrogen and oxygen atoms in total. The molecule has 0 saturated heterocycles. The topological polar surface area (TPSA) is 39.2 Å². The van der Waals surface area contributed by atoms with Crippen LogP contribution in [0.2, 0.25) is 0 Å². The Morgan fingerprint density at radius 2 is 1.85 bits per heavy atom. The number of carbonyl (C=O) groups excluding carboxylic acids is 1. The van der Waals surface area contributed by atoms with E-state index in [9.17, 15) is 4.79 Å². The maximum Gasteiger partial charge on any atom is 0.213 e. The minimum absolute atomic E-state index is 0.0226. The Kier molecular flexibility index (Phi) is 6.07. The van der Waals surface area contributed by atoms with Crippen molar-refractivity contribution in [3.05, 3.63) is 82.8 Å². The van der Waals surface area contributed by atoms with Crippen molar-refractivity contribution in [2.45, 2.75) is 45.4 Å². The van der Waals surface area contributed by atoms with Crippen LogP contribution in [0.4, 0.5) is 4.39 Å². The third-order valence-electron chi connectivity index (χ3n) is 7.45. The first-order chi connectivity index (χ1) is 16.4. The highest BCUT2D eigenvalue weighted by Gasteiger charge is 2.37. The van der Waals surface area contributed by atoms with Gasteiger partial charge in [0.05, 0.1) is 7.11 Å². The zero-order valence-corrected chi connectivity index (χ0v) is 20.0. The standard InChI is InChI=1S/C30H30FNO2/c1-18(19(2)33)30(21-6-7-21)25-9-5-20-4-8-24(14-26(20)15-25)27-11-10-22(16-28(27)31)23-12-13-32-29(17-23)34-3/h5,9-18,21,30H,4,6-8H2,1-3H3/t18-,30-/m1/s1. The predicted molar refractivity (Wildman–Crippen MR) is 134 cm³/mol. The van der Waals surface area contributed by atoms with Crippen LogP contribution in [0, 0.1) is 17.7 Å². The number of ether oxygens (including phenoxy) is 1. The molecule has 4 heteroatoms. The molecule has 174 valence electrons. The highest BCUT2D eigenvalue weighted by atomic mass is 19.1. The summed E-state index contributed by atoms with van der Waals surface area (Å²) in [5.74, 6) is 1.43. The van der Waals surface area contributed by atoms with Crippen LogP contribution in [0.15, 0.2) is 54.7 Å². The van der Waals surface area contributed by atoms with Gasteiger partial charge >= 0.3 is 0 Å². The average Bonchev–Trinajstić information content (AvgIpc) is 3.68. The van der Waals surface area contributed by atoms with Crippen molar-refractivity contribution in [2.24, 2.45) is 11.8 Å². The molecule has 2 atom stereocenters. The molecule has 34 heavy (non-hydrogen) atoms. The number of hydrogen-bond acceptors (Lipinski definition) is 3. The van der Waals surface area contributed by atoms with Crippen molar-refractivity contribution in [1.82, 2.24) is 4.98 Å². The monoisotopic (exact) mass is 455 g/mol. The van der Waals surface area contributed by atoms with Crippen LogP contribution in [0.25, 0.3) is 22.8 Å². The number of benzene rings is 2. The molecule has 3 aromatic rings. The number of aryl methyl sites for hydroxylation is 1. The van der Waals surface area contributed by atoms with E-state index in [2.05, 4.69) is 36.2 Å². The Balaban J connectivity index is 1.46. The fourth-order valence-corrected chi connectivity index (χ4v) is 5.26. The van der Waals surface area contributed by atoms with Crippen LogP contribution < -0.4 is 4.74 Å². The van der Waals surface area contributed by atoms with Crippen molar-refractivity contribution in [3.8, 4) is 17.0 Å². The highest BCUT2D eigenvalue weighted by molar-refractivity contribution is 5.86. The molecule has 1 aromatic heterocycles. The molecule has 0 N–H and O–H groups in total. The second-order valence-electron chi connectivity index (χ2n) is 9.67. The third kappa shape index (κ3) is 4.42. The Morgan fingerprint density at radius 1 is 1.06 bits per heavy atom. The van der Waals surface area contributed by atoms with E-state index in [0.29, 0.717) is 17.4 Å². The van der Waals surface area contributed by atoms with Gasteiger partial charge in [-0.2, -0.15) is 0 Å². The van der Waals surface area contributed by atoms with Gasteiger partial charge in [0, 0.05) is 23.7 Å². The lowest BCUT2D eigenvalue weighted by Gasteiger charge is -2.25. The minimum atomic E-state index is -0.222. The first kappa shape index (κ1) is 22.5. The highest BCUT2D eigenvalue weighted by Crippen LogP contribution is 2.47. The Bertz CT molecular complexity index is 1270. The summed E-state index contributed by atoms with van der Waals surface area (Å²) >= 11 is 0. The van der Waals surface area contributed by atoms with Gasteiger partial charge in [-0.15, -0.1) is 0 Å². The second-order valence-corrected chi connectivity index (χ2v) is 9.67.